The second kappa shape index (κ2) is 9.88. The van der Waals surface area contributed by atoms with Crippen molar-refractivity contribution in [2.75, 3.05) is 29.8 Å². The number of rotatable bonds is 7. The van der Waals surface area contributed by atoms with Gasteiger partial charge in [-0.25, -0.2) is 17.8 Å². The molecule has 1 N–H and O–H groups in total. The van der Waals surface area contributed by atoms with Crippen molar-refractivity contribution < 1.29 is 26.0 Å². The van der Waals surface area contributed by atoms with Crippen LogP contribution in [0.25, 0.3) is 0 Å². The van der Waals surface area contributed by atoms with Crippen LogP contribution in [0.4, 0.5) is 29.1 Å². The van der Waals surface area contributed by atoms with Gasteiger partial charge in [-0.15, -0.1) is 11.3 Å². The molecule has 0 amide bonds. The second-order valence-electron chi connectivity index (χ2n) is 8.05. The summed E-state index contributed by atoms with van der Waals surface area (Å²) in [6.07, 6.45) is -2.71. The van der Waals surface area contributed by atoms with Crippen molar-refractivity contribution in [1.29, 1.82) is 0 Å². The zero-order chi connectivity index (χ0) is 25.4. The maximum atomic E-state index is 14.9. The number of aromatic nitrogens is 2. The molecule has 0 radical (unpaired) electrons. The SMILES string of the molecule is CN(c1cc(F)c(S(=O)(=O)Nc2cscn2)cc1Cl)[C@H]1CCN(Cc2ccnc(C(F)(F)F)c2)C1. The normalized spacial score (nSPS) is 17.0. The fraction of sp³-hybridized carbons (Fsp3) is 0.333. The molecule has 1 aliphatic rings. The maximum absolute atomic E-state index is 14.9. The highest BCUT2D eigenvalue weighted by molar-refractivity contribution is 7.92. The van der Waals surface area contributed by atoms with E-state index >= 15 is 0 Å². The molecular formula is C21H20ClF4N5O2S2. The van der Waals surface area contributed by atoms with E-state index in [1.54, 1.807) is 11.9 Å². The first-order valence-electron chi connectivity index (χ1n) is 10.3. The van der Waals surface area contributed by atoms with Gasteiger partial charge in [0.05, 0.1) is 16.2 Å². The fourth-order valence-corrected chi connectivity index (χ4v) is 5.91. The van der Waals surface area contributed by atoms with Crippen molar-refractivity contribution in [2.24, 2.45) is 0 Å². The summed E-state index contributed by atoms with van der Waals surface area (Å²) in [4.78, 5) is 10.3. The molecule has 0 bridgehead atoms. The van der Waals surface area contributed by atoms with Crippen LogP contribution in [-0.2, 0) is 22.7 Å². The molecule has 0 saturated carbocycles. The molecule has 0 aliphatic carbocycles. The summed E-state index contributed by atoms with van der Waals surface area (Å²) in [5, 5.41) is 1.52. The second-order valence-corrected chi connectivity index (χ2v) is 10.8. The van der Waals surface area contributed by atoms with Crippen molar-refractivity contribution in [2.45, 2.75) is 30.1 Å². The number of benzene rings is 1. The lowest BCUT2D eigenvalue weighted by Gasteiger charge is -2.28. The lowest BCUT2D eigenvalue weighted by molar-refractivity contribution is -0.141. The van der Waals surface area contributed by atoms with Gasteiger partial charge < -0.3 is 4.90 Å². The molecule has 35 heavy (non-hydrogen) atoms. The molecule has 1 aliphatic heterocycles. The minimum absolute atomic E-state index is 0.0509. The summed E-state index contributed by atoms with van der Waals surface area (Å²) in [5.41, 5.74) is 1.30. The number of thiazole rings is 1. The van der Waals surface area contributed by atoms with Gasteiger partial charge in [0.1, 0.15) is 16.4 Å². The van der Waals surface area contributed by atoms with Crippen LogP contribution in [0.15, 0.2) is 46.2 Å². The molecule has 2 aromatic heterocycles. The van der Waals surface area contributed by atoms with Crippen LogP contribution < -0.4 is 9.62 Å². The van der Waals surface area contributed by atoms with E-state index in [4.69, 9.17) is 11.6 Å². The average Bonchev–Trinajstić information content (AvgIpc) is 3.46. The summed E-state index contributed by atoms with van der Waals surface area (Å²) in [6.45, 7) is 1.42. The molecule has 188 valence electrons. The topological polar surface area (TPSA) is 78.4 Å². The van der Waals surface area contributed by atoms with Gasteiger partial charge in [-0.05, 0) is 30.2 Å². The molecule has 0 spiro atoms. The Labute approximate surface area is 208 Å². The Morgan fingerprint density at radius 2 is 2.06 bits per heavy atom. The standard InChI is InChI=1S/C21H20ClF4N5O2S2/c1-30(14-3-5-31(10-14)9-13-2-4-27-19(6-13)21(24,25)26)17-8-16(23)18(7-15(17)22)35(32,33)29-20-11-34-12-28-20/h2,4,6-8,11-12,14,29H,3,5,9-10H2,1H3/t14-/m0/s1. The summed E-state index contributed by atoms with van der Waals surface area (Å²) >= 11 is 7.53. The van der Waals surface area contributed by atoms with Crippen LogP contribution in [-0.4, -0.2) is 49.5 Å². The van der Waals surface area contributed by atoms with Gasteiger partial charge in [0.15, 0.2) is 5.82 Å². The minimum atomic E-state index is -4.51. The van der Waals surface area contributed by atoms with E-state index in [2.05, 4.69) is 14.7 Å². The van der Waals surface area contributed by atoms with E-state index in [1.807, 2.05) is 4.90 Å². The molecular weight excluding hydrogens is 530 g/mol. The number of nitrogens with one attached hydrogen (secondary N) is 1. The fourth-order valence-electron chi connectivity index (χ4n) is 3.90. The van der Waals surface area contributed by atoms with E-state index in [0.717, 1.165) is 24.4 Å². The highest BCUT2D eigenvalue weighted by Crippen LogP contribution is 2.34. The molecule has 1 atom stereocenters. The highest BCUT2D eigenvalue weighted by atomic mass is 35.5. The van der Waals surface area contributed by atoms with Gasteiger partial charge in [0, 0.05) is 50.4 Å². The van der Waals surface area contributed by atoms with Crippen molar-refractivity contribution in [3.8, 4) is 0 Å². The Kier molecular flexibility index (Phi) is 7.23. The van der Waals surface area contributed by atoms with Crippen molar-refractivity contribution in [3.05, 3.63) is 63.5 Å². The molecule has 7 nitrogen and oxygen atoms in total. The van der Waals surface area contributed by atoms with Crippen LogP contribution >= 0.6 is 22.9 Å². The van der Waals surface area contributed by atoms with Crippen molar-refractivity contribution in [1.82, 2.24) is 14.9 Å². The van der Waals surface area contributed by atoms with Crippen LogP contribution in [0.2, 0.25) is 5.02 Å². The lowest BCUT2D eigenvalue weighted by atomic mass is 10.2. The molecule has 14 heteroatoms. The number of pyridine rings is 1. The maximum Gasteiger partial charge on any atom is 0.433 e. The molecule has 3 heterocycles. The molecule has 3 aromatic rings. The summed E-state index contributed by atoms with van der Waals surface area (Å²) < 4.78 is 81.0. The first-order chi connectivity index (χ1) is 16.4. The van der Waals surface area contributed by atoms with Crippen LogP contribution in [0, 0.1) is 5.82 Å². The Hall–Kier alpha value is -2.48. The first-order valence-corrected chi connectivity index (χ1v) is 13.1. The summed E-state index contributed by atoms with van der Waals surface area (Å²) in [6, 6.07) is 4.59. The number of likely N-dealkylation sites (N-methyl/N-ethyl adjacent to an activating group) is 1. The number of anilines is 2. The smallest absolute Gasteiger partial charge is 0.369 e. The number of hydrogen-bond donors (Lipinski definition) is 1. The van der Waals surface area contributed by atoms with E-state index in [-0.39, 0.29) is 16.9 Å². The van der Waals surface area contributed by atoms with Crippen molar-refractivity contribution in [3.63, 3.8) is 0 Å². The zero-order valence-corrected chi connectivity index (χ0v) is 20.6. The third-order valence-corrected chi connectivity index (χ3v) is 7.92. The van der Waals surface area contributed by atoms with E-state index in [9.17, 15) is 26.0 Å². The van der Waals surface area contributed by atoms with E-state index < -0.39 is 32.6 Å². The van der Waals surface area contributed by atoms with Crippen LogP contribution in [0.1, 0.15) is 17.7 Å². The van der Waals surface area contributed by atoms with E-state index in [0.29, 0.717) is 37.3 Å². The number of nitrogens with zero attached hydrogens (tertiary/aromatic N) is 4. The average molecular weight is 550 g/mol. The van der Waals surface area contributed by atoms with Gasteiger partial charge in [-0.1, -0.05) is 11.6 Å². The number of sulfonamides is 1. The monoisotopic (exact) mass is 549 g/mol. The minimum Gasteiger partial charge on any atom is -0.369 e. The lowest BCUT2D eigenvalue weighted by Crippen LogP contribution is -2.34. The molecule has 1 aromatic carbocycles. The van der Waals surface area contributed by atoms with Gasteiger partial charge in [-0.2, -0.15) is 13.2 Å². The van der Waals surface area contributed by atoms with Crippen LogP contribution in [0.5, 0.6) is 0 Å². The Balaban J connectivity index is 1.46. The van der Waals surface area contributed by atoms with Crippen LogP contribution in [0.3, 0.4) is 0 Å². The predicted molar refractivity (Wildman–Crippen MR) is 126 cm³/mol. The van der Waals surface area contributed by atoms with Gasteiger partial charge in [0.25, 0.3) is 10.0 Å². The Morgan fingerprint density at radius 1 is 1.29 bits per heavy atom. The largest absolute Gasteiger partial charge is 0.433 e. The molecule has 0 unspecified atom stereocenters. The van der Waals surface area contributed by atoms with E-state index in [1.165, 1.54) is 28.3 Å². The third kappa shape index (κ3) is 5.85. The number of likely N-dealkylation sites (tertiary alicyclic amines) is 1. The zero-order valence-electron chi connectivity index (χ0n) is 18.3. The predicted octanol–water partition coefficient (Wildman–Crippen LogP) is 4.86. The summed E-state index contributed by atoms with van der Waals surface area (Å²) in [7, 11) is -2.52. The Bertz CT molecular complexity index is 1310. The first kappa shape index (κ1) is 25.6. The number of hydrogen-bond acceptors (Lipinski definition) is 7. The van der Waals surface area contributed by atoms with Gasteiger partial charge >= 0.3 is 6.18 Å². The Morgan fingerprint density at radius 3 is 2.74 bits per heavy atom. The van der Waals surface area contributed by atoms with Crippen molar-refractivity contribution >= 4 is 44.5 Å². The number of halogens is 5. The molecule has 1 saturated heterocycles. The van der Waals surface area contributed by atoms with Gasteiger partial charge in [-0.3, -0.25) is 14.6 Å². The molecule has 4 rings (SSSR count). The highest BCUT2D eigenvalue weighted by Gasteiger charge is 2.33. The quantitative estimate of drug-likeness (QED) is 0.424. The third-order valence-electron chi connectivity index (χ3n) is 5.66. The number of alkyl halides is 3. The summed E-state index contributed by atoms with van der Waals surface area (Å²) in [5.74, 6) is -0.889. The molecule has 1 fully saturated rings. The van der Waals surface area contributed by atoms with Gasteiger partial charge in [0.2, 0.25) is 0 Å².